The SMILES string of the molecule is CCOC(=O)c1cc(-c2ccccc2)n(CC(=O)Nc2cc(C)ccc2OC)c1C. The van der Waals surface area contributed by atoms with Gasteiger partial charge in [-0.2, -0.15) is 0 Å². The van der Waals surface area contributed by atoms with Crippen LogP contribution < -0.4 is 10.1 Å². The van der Waals surface area contributed by atoms with Gasteiger partial charge in [0.05, 0.1) is 25.0 Å². The normalized spacial score (nSPS) is 10.5. The number of aryl methyl sites for hydroxylation is 1. The predicted octanol–water partition coefficient (Wildman–Crippen LogP) is 4.60. The van der Waals surface area contributed by atoms with Gasteiger partial charge in [0.15, 0.2) is 0 Å². The van der Waals surface area contributed by atoms with Gasteiger partial charge in [0, 0.05) is 11.4 Å². The highest BCUT2D eigenvalue weighted by molar-refractivity contribution is 5.95. The number of nitrogens with one attached hydrogen (secondary N) is 1. The lowest BCUT2D eigenvalue weighted by Crippen LogP contribution is -2.21. The molecular weight excluding hydrogens is 380 g/mol. The van der Waals surface area contributed by atoms with Gasteiger partial charge in [-0.25, -0.2) is 4.79 Å². The molecule has 0 bridgehead atoms. The van der Waals surface area contributed by atoms with Crippen molar-refractivity contribution < 1.29 is 19.1 Å². The van der Waals surface area contributed by atoms with Crippen LogP contribution in [0.15, 0.2) is 54.6 Å². The fraction of sp³-hybridized carbons (Fsp3) is 0.250. The van der Waals surface area contributed by atoms with Crippen molar-refractivity contribution in [3.63, 3.8) is 0 Å². The molecule has 156 valence electrons. The molecule has 3 aromatic rings. The average Bonchev–Trinajstić information content (AvgIpc) is 3.05. The van der Waals surface area contributed by atoms with Crippen LogP contribution in [0, 0.1) is 13.8 Å². The van der Waals surface area contributed by atoms with Crippen LogP contribution in [0.3, 0.4) is 0 Å². The first-order valence-electron chi connectivity index (χ1n) is 9.81. The Morgan fingerprint density at radius 2 is 1.77 bits per heavy atom. The van der Waals surface area contributed by atoms with E-state index in [2.05, 4.69) is 5.32 Å². The fourth-order valence-corrected chi connectivity index (χ4v) is 3.37. The highest BCUT2D eigenvalue weighted by Crippen LogP contribution is 2.28. The monoisotopic (exact) mass is 406 g/mol. The lowest BCUT2D eigenvalue weighted by Gasteiger charge is -2.14. The maximum atomic E-state index is 12.9. The molecule has 0 fully saturated rings. The Balaban J connectivity index is 1.95. The van der Waals surface area contributed by atoms with Crippen molar-refractivity contribution in [2.75, 3.05) is 19.0 Å². The summed E-state index contributed by atoms with van der Waals surface area (Å²) in [6.07, 6.45) is 0. The number of ether oxygens (including phenoxy) is 2. The summed E-state index contributed by atoms with van der Waals surface area (Å²) in [5.41, 5.74) is 4.45. The van der Waals surface area contributed by atoms with Gasteiger partial charge in [0.25, 0.3) is 0 Å². The Hall–Kier alpha value is -3.54. The van der Waals surface area contributed by atoms with Crippen molar-refractivity contribution >= 4 is 17.6 Å². The van der Waals surface area contributed by atoms with Crippen LogP contribution in [0.4, 0.5) is 5.69 Å². The minimum absolute atomic E-state index is 0.0482. The van der Waals surface area contributed by atoms with Crippen LogP contribution in [-0.4, -0.2) is 30.2 Å². The third kappa shape index (κ3) is 4.54. The summed E-state index contributed by atoms with van der Waals surface area (Å²) in [5.74, 6) is -0.0226. The molecule has 0 unspecified atom stereocenters. The highest BCUT2D eigenvalue weighted by Gasteiger charge is 2.21. The van der Waals surface area contributed by atoms with Crippen LogP contribution in [0.2, 0.25) is 0 Å². The number of benzene rings is 2. The number of methoxy groups -OCH3 is 1. The van der Waals surface area contributed by atoms with Crippen LogP contribution in [0.5, 0.6) is 5.75 Å². The number of carbonyl (C=O) groups excluding carboxylic acids is 2. The number of hydrogen-bond acceptors (Lipinski definition) is 4. The Morgan fingerprint density at radius 1 is 1.03 bits per heavy atom. The summed E-state index contributed by atoms with van der Waals surface area (Å²) in [6, 6.07) is 17.0. The first-order chi connectivity index (χ1) is 14.4. The second-order valence-electron chi connectivity index (χ2n) is 6.95. The number of hydrogen-bond donors (Lipinski definition) is 1. The van der Waals surface area contributed by atoms with Gasteiger partial charge in [-0.15, -0.1) is 0 Å². The summed E-state index contributed by atoms with van der Waals surface area (Å²) in [7, 11) is 1.57. The van der Waals surface area contributed by atoms with E-state index in [1.54, 1.807) is 20.1 Å². The van der Waals surface area contributed by atoms with Crippen LogP contribution in [0.25, 0.3) is 11.3 Å². The molecule has 0 spiro atoms. The smallest absolute Gasteiger partial charge is 0.339 e. The zero-order valence-corrected chi connectivity index (χ0v) is 17.7. The molecule has 0 radical (unpaired) electrons. The standard InChI is InChI=1S/C24H26N2O4/c1-5-30-24(28)19-14-21(18-9-7-6-8-10-18)26(17(19)3)15-23(27)25-20-13-16(2)11-12-22(20)29-4/h6-14H,5,15H2,1-4H3,(H,25,27). The maximum absolute atomic E-state index is 12.9. The van der Waals surface area contributed by atoms with E-state index in [9.17, 15) is 9.59 Å². The molecule has 1 amide bonds. The fourth-order valence-electron chi connectivity index (χ4n) is 3.37. The third-order valence-electron chi connectivity index (χ3n) is 4.86. The second-order valence-corrected chi connectivity index (χ2v) is 6.95. The largest absolute Gasteiger partial charge is 0.495 e. The molecular formula is C24H26N2O4. The van der Waals surface area contributed by atoms with E-state index in [4.69, 9.17) is 9.47 Å². The van der Waals surface area contributed by atoms with E-state index in [1.807, 2.05) is 66.9 Å². The molecule has 0 aliphatic carbocycles. The van der Waals surface area contributed by atoms with Gasteiger partial charge in [-0.05, 0) is 50.1 Å². The Kier molecular flexibility index (Phi) is 6.57. The minimum Gasteiger partial charge on any atom is -0.495 e. The molecule has 6 nitrogen and oxygen atoms in total. The van der Waals surface area contributed by atoms with E-state index in [0.29, 0.717) is 22.7 Å². The minimum atomic E-state index is -0.397. The number of amides is 1. The summed E-state index contributed by atoms with van der Waals surface area (Å²) in [4.78, 5) is 25.3. The summed E-state index contributed by atoms with van der Waals surface area (Å²) in [6.45, 7) is 5.87. The summed E-state index contributed by atoms with van der Waals surface area (Å²) < 4.78 is 12.4. The van der Waals surface area contributed by atoms with E-state index in [1.165, 1.54) is 0 Å². The van der Waals surface area contributed by atoms with Gasteiger partial charge >= 0.3 is 5.97 Å². The highest BCUT2D eigenvalue weighted by atomic mass is 16.5. The topological polar surface area (TPSA) is 69.6 Å². The summed E-state index contributed by atoms with van der Waals surface area (Å²) in [5, 5.41) is 2.92. The lowest BCUT2D eigenvalue weighted by molar-refractivity contribution is -0.116. The number of esters is 1. The van der Waals surface area contributed by atoms with Crippen LogP contribution in [0.1, 0.15) is 28.5 Å². The number of carbonyl (C=O) groups is 2. The first-order valence-corrected chi connectivity index (χ1v) is 9.81. The maximum Gasteiger partial charge on any atom is 0.339 e. The number of anilines is 1. The average molecular weight is 406 g/mol. The van der Waals surface area contributed by atoms with Crippen molar-refractivity contribution in [1.82, 2.24) is 4.57 Å². The molecule has 1 aromatic heterocycles. The predicted molar refractivity (Wildman–Crippen MR) is 117 cm³/mol. The molecule has 2 aromatic carbocycles. The molecule has 3 rings (SSSR count). The van der Waals surface area contributed by atoms with Crippen molar-refractivity contribution in [3.8, 4) is 17.0 Å². The number of rotatable bonds is 7. The molecule has 0 saturated carbocycles. The zero-order chi connectivity index (χ0) is 21.7. The molecule has 30 heavy (non-hydrogen) atoms. The number of aromatic nitrogens is 1. The summed E-state index contributed by atoms with van der Waals surface area (Å²) >= 11 is 0. The van der Waals surface area contributed by atoms with Crippen LogP contribution >= 0.6 is 0 Å². The van der Waals surface area contributed by atoms with E-state index in [0.717, 1.165) is 16.8 Å². The lowest BCUT2D eigenvalue weighted by atomic mass is 10.1. The van der Waals surface area contributed by atoms with Gasteiger partial charge in [-0.1, -0.05) is 36.4 Å². The second kappa shape index (κ2) is 9.31. The Labute approximate surface area is 176 Å². The first kappa shape index (κ1) is 21.2. The van der Waals surface area contributed by atoms with Gasteiger partial charge in [0.1, 0.15) is 12.3 Å². The molecule has 1 N–H and O–H groups in total. The van der Waals surface area contributed by atoms with Gasteiger partial charge in [0.2, 0.25) is 5.91 Å². The van der Waals surface area contributed by atoms with E-state index >= 15 is 0 Å². The number of nitrogens with zero attached hydrogens (tertiary/aromatic N) is 1. The zero-order valence-electron chi connectivity index (χ0n) is 17.7. The van der Waals surface area contributed by atoms with Crippen molar-refractivity contribution in [2.45, 2.75) is 27.3 Å². The molecule has 0 aliphatic rings. The molecule has 1 heterocycles. The van der Waals surface area contributed by atoms with Crippen molar-refractivity contribution in [1.29, 1.82) is 0 Å². The Bertz CT molecular complexity index is 1050. The van der Waals surface area contributed by atoms with Crippen LogP contribution in [-0.2, 0) is 16.1 Å². The third-order valence-corrected chi connectivity index (χ3v) is 4.86. The van der Waals surface area contributed by atoms with Crippen molar-refractivity contribution in [3.05, 3.63) is 71.4 Å². The molecule has 0 saturated heterocycles. The van der Waals surface area contributed by atoms with Gasteiger partial charge in [-0.3, -0.25) is 4.79 Å². The Morgan fingerprint density at radius 3 is 2.43 bits per heavy atom. The van der Waals surface area contributed by atoms with Crippen molar-refractivity contribution in [2.24, 2.45) is 0 Å². The molecule has 6 heteroatoms. The van der Waals surface area contributed by atoms with E-state index in [-0.39, 0.29) is 19.1 Å². The quantitative estimate of drug-likeness (QED) is 0.583. The van der Waals surface area contributed by atoms with Gasteiger partial charge < -0.3 is 19.4 Å². The van der Waals surface area contributed by atoms with E-state index < -0.39 is 5.97 Å². The molecule has 0 atom stereocenters. The molecule has 0 aliphatic heterocycles.